The second-order valence-electron chi connectivity index (χ2n) is 14.9. The summed E-state index contributed by atoms with van der Waals surface area (Å²) < 4.78 is 0. The van der Waals surface area contributed by atoms with Gasteiger partial charge in [0.1, 0.15) is 5.82 Å². The Morgan fingerprint density at radius 1 is 0.261 bits per heavy atom. The Labute approximate surface area is 290 Å². The second kappa shape index (κ2) is 34.0. The van der Waals surface area contributed by atoms with Crippen LogP contribution >= 0.6 is 0 Å². The topological polar surface area (TPSA) is 25.8 Å². The molecule has 1 heterocycles. The van der Waals surface area contributed by atoms with Crippen LogP contribution < -0.4 is 0 Å². The minimum atomic E-state index is 1.06. The molecule has 0 amide bonds. The zero-order chi connectivity index (χ0) is 33.2. The zero-order valence-electron chi connectivity index (χ0n) is 32.4. The van der Waals surface area contributed by atoms with Gasteiger partial charge in [-0.25, -0.2) is 9.97 Å². The van der Waals surface area contributed by atoms with Crippen LogP contribution in [0.5, 0.6) is 0 Å². The van der Waals surface area contributed by atoms with Crippen molar-refractivity contribution in [3.05, 3.63) is 22.8 Å². The quantitative estimate of drug-likeness (QED) is 0.0682. The number of aromatic nitrogens is 2. The highest BCUT2D eigenvalue weighted by atomic mass is 14.9. The molecule has 270 valence electrons. The van der Waals surface area contributed by atoms with Gasteiger partial charge in [-0.05, 0) is 50.5 Å². The van der Waals surface area contributed by atoms with Crippen LogP contribution in [-0.4, -0.2) is 9.97 Å². The number of nitrogens with zero attached hydrogens (tertiary/aromatic N) is 2. The first-order valence-electron chi connectivity index (χ1n) is 21.6. The standard InChI is InChI=1S/C44H84N2/c1-5-9-13-16-19-22-25-28-31-34-37-41-42(38-35-32-29-26-23-20-17-14-10-6-2)45-44(40-12-8-4)46-43(41)39-36-33-30-27-24-21-18-15-11-7-3/h5-40H2,1-4H3. The zero-order valence-corrected chi connectivity index (χ0v) is 32.4. The summed E-state index contributed by atoms with van der Waals surface area (Å²) in [5.41, 5.74) is 4.46. The van der Waals surface area contributed by atoms with Gasteiger partial charge in [-0.3, -0.25) is 0 Å². The summed E-state index contributed by atoms with van der Waals surface area (Å²) in [5, 5.41) is 0. The molecule has 0 atom stereocenters. The van der Waals surface area contributed by atoms with Crippen LogP contribution in [0.3, 0.4) is 0 Å². The molecule has 0 bridgehead atoms. The first-order chi connectivity index (χ1) is 22.8. The third kappa shape index (κ3) is 25.1. The maximum absolute atomic E-state index is 5.30. The summed E-state index contributed by atoms with van der Waals surface area (Å²) in [6.07, 6.45) is 49.2. The Morgan fingerprint density at radius 3 is 0.826 bits per heavy atom. The van der Waals surface area contributed by atoms with Crippen molar-refractivity contribution in [1.29, 1.82) is 0 Å². The SMILES string of the molecule is CCCCCCCCCCCCc1nc(CCCC)nc(CCCCCCCCCCCC)c1CCCCCCCCCCCC. The third-order valence-corrected chi connectivity index (χ3v) is 10.3. The Kier molecular flexibility index (Phi) is 31.8. The van der Waals surface area contributed by atoms with Gasteiger partial charge >= 0.3 is 0 Å². The molecule has 0 spiro atoms. The van der Waals surface area contributed by atoms with E-state index >= 15 is 0 Å². The maximum Gasteiger partial charge on any atom is 0.128 e. The van der Waals surface area contributed by atoms with Crippen molar-refractivity contribution in [1.82, 2.24) is 9.97 Å². The average molecular weight is 641 g/mol. The summed E-state index contributed by atoms with van der Waals surface area (Å²) in [5.74, 6) is 1.15. The van der Waals surface area contributed by atoms with Gasteiger partial charge in [0.05, 0.1) is 0 Å². The van der Waals surface area contributed by atoms with Gasteiger partial charge in [0.15, 0.2) is 0 Å². The van der Waals surface area contributed by atoms with E-state index in [2.05, 4.69) is 27.7 Å². The lowest BCUT2D eigenvalue weighted by molar-refractivity contribution is 0.547. The van der Waals surface area contributed by atoms with Gasteiger partial charge in [0.2, 0.25) is 0 Å². The van der Waals surface area contributed by atoms with E-state index in [4.69, 9.17) is 9.97 Å². The van der Waals surface area contributed by atoms with E-state index in [-0.39, 0.29) is 0 Å². The lowest BCUT2D eigenvalue weighted by Crippen LogP contribution is -2.11. The molecule has 1 aromatic rings. The molecule has 46 heavy (non-hydrogen) atoms. The molecule has 1 rings (SSSR count). The van der Waals surface area contributed by atoms with E-state index in [0.29, 0.717) is 0 Å². The van der Waals surface area contributed by atoms with Crippen molar-refractivity contribution in [2.24, 2.45) is 0 Å². The van der Waals surface area contributed by atoms with Crippen LogP contribution in [0.25, 0.3) is 0 Å². The van der Waals surface area contributed by atoms with E-state index in [1.165, 1.54) is 236 Å². The molecule has 0 aliphatic heterocycles. The van der Waals surface area contributed by atoms with Crippen LogP contribution in [0, 0.1) is 0 Å². The van der Waals surface area contributed by atoms with Gasteiger partial charge in [-0.15, -0.1) is 0 Å². The molecule has 1 aromatic heterocycles. The van der Waals surface area contributed by atoms with Crippen molar-refractivity contribution in [2.75, 3.05) is 0 Å². The molecule has 2 heteroatoms. The first-order valence-corrected chi connectivity index (χ1v) is 21.6. The number of hydrogen-bond donors (Lipinski definition) is 0. The molecule has 0 unspecified atom stereocenters. The van der Waals surface area contributed by atoms with E-state index < -0.39 is 0 Å². The van der Waals surface area contributed by atoms with Crippen LogP contribution in [-0.2, 0) is 25.7 Å². The van der Waals surface area contributed by atoms with Gasteiger partial charge in [0.25, 0.3) is 0 Å². The minimum absolute atomic E-state index is 1.06. The summed E-state index contributed by atoms with van der Waals surface area (Å²) in [6, 6.07) is 0. The van der Waals surface area contributed by atoms with E-state index in [0.717, 1.165) is 12.2 Å². The van der Waals surface area contributed by atoms with Gasteiger partial charge < -0.3 is 0 Å². The molecule has 0 aliphatic rings. The number of rotatable bonds is 36. The number of unbranched alkanes of at least 4 members (excludes halogenated alkanes) is 28. The molecule has 2 nitrogen and oxygen atoms in total. The van der Waals surface area contributed by atoms with E-state index in [1.54, 1.807) is 5.56 Å². The first kappa shape index (κ1) is 43.1. The smallest absolute Gasteiger partial charge is 0.128 e. The van der Waals surface area contributed by atoms with Crippen LogP contribution in [0.1, 0.15) is 256 Å². The number of aryl methyl sites for hydroxylation is 3. The lowest BCUT2D eigenvalue weighted by Gasteiger charge is -2.16. The van der Waals surface area contributed by atoms with Crippen LogP contribution in [0.15, 0.2) is 0 Å². The predicted molar refractivity (Wildman–Crippen MR) is 207 cm³/mol. The Hall–Kier alpha value is -0.920. The third-order valence-electron chi connectivity index (χ3n) is 10.3. The minimum Gasteiger partial charge on any atom is -0.238 e. The average Bonchev–Trinajstić information content (AvgIpc) is 3.07. The van der Waals surface area contributed by atoms with Crippen molar-refractivity contribution < 1.29 is 0 Å². The fourth-order valence-corrected chi connectivity index (χ4v) is 7.14. The Bertz CT molecular complexity index is 711. The molecule has 0 saturated heterocycles. The van der Waals surface area contributed by atoms with Gasteiger partial charge in [0, 0.05) is 17.8 Å². The fraction of sp³-hybridized carbons (Fsp3) is 0.909. The second-order valence-corrected chi connectivity index (χ2v) is 14.9. The molecular formula is C44H84N2. The van der Waals surface area contributed by atoms with Crippen molar-refractivity contribution in [3.63, 3.8) is 0 Å². The maximum atomic E-state index is 5.30. The summed E-state index contributed by atoms with van der Waals surface area (Å²) in [7, 11) is 0. The molecule has 0 aliphatic carbocycles. The lowest BCUT2D eigenvalue weighted by atomic mass is 9.96. The normalized spacial score (nSPS) is 11.6. The van der Waals surface area contributed by atoms with Crippen molar-refractivity contribution in [3.8, 4) is 0 Å². The monoisotopic (exact) mass is 641 g/mol. The highest BCUT2D eigenvalue weighted by Crippen LogP contribution is 2.23. The predicted octanol–water partition coefficient (Wildman–Crippen LogP) is 15.2. The molecule has 0 N–H and O–H groups in total. The van der Waals surface area contributed by atoms with E-state index in [9.17, 15) is 0 Å². The fourth-order valence-electron chi connectivity index (χ4n) is 7.14. The molecule has 0 saturated carbocycles. The summed E-state index contributed by atoms with van der Waals surface area (Å²) >= 11 is 0. The van der Waals surface area contributed by atoms with Crippen LogP contribution in [0.4, 0.5) is 0 Å². The molecular weight excluding hydrogens is 556 g/mol. The molecule has 0 aromatic carbocycles. The highest BCUT2D eigenvalue weighted by molar-refractivity contribution is 5.27. The summed E-state index contributed by atoms with van der Waals surface area (Å²) in [4.78, 5) is 10.6. The van der Waals surface area contributed by atoms with Crippen LogP contribution in [0.2, 0.25) is 0 Å². The van der Waals surface area contributed by atoms with Gasteiger partial charge in [-0.2, -0.15) is 0 Å². The van der Waals surface area contributed by atoms with Crippen molar-refractivity contribution in [2.45, 2.75) is 259 Å². The van der Waals surface area contributed by atoms with Gasteiger partial charge in [-0.1, -0.05) is 207 Å². The molecule has 0 fully saturated rings. The Balaban J connectivity index is 2.68. The largest absolute Gasteiger partial charge is 0.238 e. The number of hydrogen-bond acceptors (Lipinski definition) is 2. The van der Waals surface area contributed by atoms with Crippen molar-refractivity contribution >= 4 is 0 Å². The van der Waals surface area contributed by atoms with E-state index in [1.807, 2.05) is 0 Å². The highest BCUT2D eigenvalue weighted by Gasteiger charge is 2.14. The Morgan fingerprint density at radius 2 is 0.522 bits per heavy atom. The summed E-state index contributed by atoms with van der Waals surface area (Å²) in [6.45, 7) is 9.24. The molecule has 0 radical (unpaired) electrons.